The van der Waals surface area contributed by atoms with Gasteiger partial charge in [0.2, 0.25) is 11.8 Å². The first-order chi connectivity index (χ1) is 10.5. The minimum absolute atomic E-state index is 0.0555. The highest BCUT2D eigenvalue weighted by atomic mass is 19.1. The molecule has 1 aliphatic rings. The molecular weight excluding hydrogens is 291 g/mol. The van der Waals surface area contributed by atoms with E-state index >= 15 is 0 Å². The summed E-state index contributed by atoms with van der Waals surface area (Å²) in [5.74, 6) is -2.78. The van der Waals surface area contributed by atoms with Gasteiger partial charge < -0.3 is 15.3 Å². The molecule has 0 radical (unpaired) electrons. The van der Waals surface area contributed by atoms with Gasteiger partial charge in [-0.15, -0.1) is 0 Å². The molecule has 118 valence electrons. The summed E-state index contributed by atoms with van der Waals surface area (Å²) in [4.78, 5) is 35.9. The van der Waals surface area contributed by atoms with Crippen LogP contribution in [0.5, 0.6) is 0 Å². The van der Waals surface area contributed by atoms with Crippen LogP contribution in [-0.2, 0) is 9.59 Å². The molecule has 1 saturated heterocycles. The Kier molecular flexibility index (Phi) is 5.08. The van der Waals surface area contributed by atoms with E-state index in [9.17, 15) is 18.8 Å². The number of anilines is 1. The molecule has 22 heavy (non-hydrogen) atoms. The summed E-state index contributed by atoms with van der Waals surface area (Å²) in [5, 5.41) is 11.2. The first-order valence-electron chi connectivity index (χ1n) is 7.08. The van der Waals surface area contributed by atoms with Crippen LogP contribution in [0.4, 0.5) is 10.1 Å². The summed E-state index contributed by atoms with van der Waals surface area (Å²) in [6.45, 7) is 0.458. The summed E-state index contributed by atoms with van der Waals surface area (Å²) in [7, 11) is 0. The number of hydrogen-bond donors (Lipinski definition) is 2. The van der Waals surface area contributed by atoms with E-state index in [1.165, 1.54) is 11.0 Å². The Hall–Kier alpha value is -2.44. The lowest BCUT2D eigenvalue weighted by molar-refractivity contribution is -0.134. The zero-order chi connectivity index (χ0) is 16.1. The van der Waals surface area contributed by atoms with Crippen molar-refractivity contribution in [2.75, 3.05) is 18.4 Å². The maximum Gasteiger partial charge on any atom is 0.338 e. The highest BCUT2D eigenvalue weighted by molar-refractivity contribution is 5.95. The first kappa shape index (κ1) is 15.9. The van der Waals surface area contributed by atoms with Crippen LogP contribution in [0.1, 0.15) is 36.0 Å². The monoisotopic (exact) mass is 308 g/mol. The Morgan fingerprint density at radius 1 is 1.27 bits per heavy atom. The van der Waals surface area contributed by atoms with E-state index in [2.05, 4.69) is 5.32 Å². The highest BCUT2D eigenvalue weighted by Crippen LogP contribution is 2.15. The number of carboxylic acid groups (broad SMARTS) is 1. The van der Waals surface area contributed by atoms with Gasteiger partial charge in [-0.2, -0.15) is 0 Å². The van der Waals surface area contributed by atoms with Gasteiger partial charge >= 0.3 is 5.97 Å². The SMILES string of the molecule is O=C(CN1CCCCCC1=O)Nc1ccc(C(=O)O)c(F)c1. The Morgan fingerprint density at radius 2 is 2.05 bits per heavy atom. The molecule has 1 fully saturated rings. The fourth-order valence-electron chi connectivity index (χ4n) is 2.35. The molecule has 0 aromatic heterocycles. The number of carbonyl (C=O) groups excluding carboxylic acids is 2. The van der Waals surface area contributed by atoms with Crippen LogP contribution in [0.3, 0.4) is 0 Å². The summed E-state index contributed by atoms with van der Waals surface area (Å²) in [6, 6.07) is 3.35. The van der Waals surface area contributed by atoms with Gasteiger partial charge in [0.15, 0.2) is 0 Å². The molecule has 1 aromatic rings. The van der Waals surface area contributed by atoms with Crippen molar-refractivity contribution in [3.8, 4) is 0 Å². The van der Waals surface area contributed by atoms with Gasteiger partial charge in [0.1, 0.15) is 5.82 Å². The standard InChI is InChI=1S/C15H17FN2O4/c16-12-8-10(5-6-11(12)15(21)22)17-13(19)9-18-7-3-1-2-4-14(18)20/h5-6,8H,1-4,7,9H2,(H,17,19)(H,21,22). The third-order valence-electron chi connectivity index (χ3n) is 3.49. The van der Waals surface area contributed by atoms with Crippen LogP contribution >= 0.6 is 0 Å². The van der Waals surface area contributed by atoms with Crippen LogP contribution < -0.4 is 5.32 Å². The molecule has 0 spiro atoms. The van der Waals surface area contributed by atoms with Crippen molar-refractivity contribution >= 4 is 23.5 Å². The second-order valence-electron chi connectivity index (χ2n) is 5.17. The van der Waals surface area contributed by atoms with E-state index in [0.717, 1.165) is 31.4 Å². The van der Waals surface area contributed by atoms with Crippen LogP contribution in [0.25, 0.3) is 0 Å². The number of aromatic carboxylic acids is 1. The molecule has 1 heterocycles. The summed E-state index contributed by atoms with van der Waals surface area (Å²) in [5.41, 5.74) is -0.296. The van der Waals surface area contributed by atoms with Crippen molar-refractivity contribution in [1.82, 2.24) is 4.90 Å². The summed E-state index contributed by atoms with van der Waals surface area (Å²) >= 11 is 0. The molecule has 2 rings (SSSR count). The molecule has 6 nitrogen and oxygen atoms in total. The molecule has 1 aromatic carbocycles. The number of benzene rings is 1. The number of rotatable bonds is 4. The lowest BCUT2D eigenvalue weighted by atomic mass is 10.2. The van der Waals surface area contributed by atoms with Gasteiger partial charge in [0.25, 0.3) is 0 Å². The number of hydrogen-bond acceptors (Lipinski definition) is 3. The van der Waals surface area contributed by atoms with E-state index in [-0.39, 0.29) is 18.1 Å². The largest absolute Gasteiger partial charge is 0.478 e. The zero-order valence-corrected chi connectivity index (χ0v) is 12.0. The van der Waals surface area contributed by atoms with Gasteiger partial charge in [-0.3, -0.25) is 9.59 Å². The Bertz CT molecular complexity index is 603. The van der Waals surface area contributed by atoms with Crippen molar-refractivity contribution in [2.45, 2.75) is 25.7 Å². The molecule has 7 heteroatoms. The quantitative estimate of drug-likeness (QED) is 0.889. The number of amides is 2. The molecular formula is C15H17FN2O4. The van der Waals surface area contributed by atoms with Crippen molar-refractivity contribution in [3.63, 3.8) is 0 Å². The third kappa shape index (κ3) is 4.03. The number of carbonyl (C=O) groups is 3. The molecule has 0 saturated carbocycles. The van der Waals surface area contributed by atoms with Crippen LogP contribution in [0.15, 0.2) is 18.2 Å². The fourth-order valence-corrected chi connectivity index (χ4v) is 2.35. The number of halogens is 1. The first-order valence-corrected chi connectivity index (χ1v) is 7.08. The van der Waals surface area contributed by atoms with Crippen LogP contribution in [-0.4, -0.2) is 40.9 Å². The van der Waals surface area contributed by atoms with Crippen molar-refractivity contribution in [3.05, 3.63) is 29.6 Å². The molecule has 0 bridgehead atoms. The maximum absolute atomic E-state index is 13.5. The topological polar surface area (TPSA) is 86.7 Å². The van der Waals surface area contributed by atoms with Gasteiger partial charge in [-0.05, 0) is 31.0 Å². The molecule has 2 N–H and O–H groups in total. The van der Waals surface area contributed by atoms with Crippen molar-refractivity contribution in [2.24, 2.45) is 0 Å². The molecule has 2 amide bonds. The van der Waals surface area contributed by atoms with Gasteiger partial charge in [-0.1, -0.05) is 6.42 Å². The van der Waals surface area contributed by atoms with E-state index < -0.39 is 23.3 Å². The molecule has 0 unspecified atom stereocenters. The van der Waals surface area contributed by atoms with Crippen molar-refractivity contribution < 1.29 is 23.9 Å². The molecule has 0 aliphatic carbocycles. The van der Waals surface area contributed by atoms with Crippen LogP contribution in [0.2, 0.25) is 0 Å². The van der Waals surface area contributed by atoms with Gasteiger partial charge in [-0.25, -0.2) is 9.18 Å². The van der Waals surface area contributed by atoms with E-state index in [0.29, 0.717) is 13.0 Å². The summed E-state index contributed by atoms with van der Waals surface area (Å²) in [6.07, 6.45) is 3.10. The fraction of sp³-hybridized carbons (Fsp3) is 0.400. The predicted molar refractivity (Wildman–Crippen MR) is 77.0 cm³/mol. The second-order valence-corrected chi connectivity index (χ2v) is 5.17. The number of carboxylic acids is 1. The normalized spacial score (nSPS) is 15.3. The lowest BCUT2D eigenvalue weighted by Crippen LogP contribution is -2.37. The average molecular weight is 308 g/mol. The van der Waals surface area contributed by atoms with Crippen LogP contribution in [0, 0.1) is 5.82 Å². The molecule has 1 aliphatic heterocycles. The van der Waals surface area contributed by atoms with Gasteiger partial charge in [0, 0.05) is 18.7 Å². The predicted octanol–water partition coefficient (Wildman–Crippen LogP) is 1.87. The maximum atomic E-state index is 13.5. The highest BCUT2D eigenvalue weighted by Gasteiger charge is 2.19. The minimum atomic E-state index is -1.37. The Labute approximate surface area is 126 Å². The smallest absolute Gasteiger partial charge is 0.338 e. The summed E-state index contributed by atoms with van der Waals surface area (Å²) < 4.78 is 13.5. The van der Waals surface area contributed by atoms with Gasteiger partial charge in [0.05, 0.1) is 12.1 Å². The lowest BCUT2D eigenvalue weighted by Gasteiger charge is -2.19. The Balaban J connectivity index is 1.98. The second kappa shape index (κ2) is 7.02. The average Bonchev–Trinajstić information content (AvgIpc) is 2.63. The Morgan fingerprint density at radius 3 is 2.73 bits per heavy atom. The van der Waals surface area contributed by atoms with E-state index in [4.69, 9.17) is 5.11 Å². The van der Waals surface area contributed by atoms with E-state index in [1.807, 2.05) is 0 Å². The van der Waals surface area contributed by atoms with Crippen molar-refractivity contribution in [1.29, 1.82) is 0 Å². The number of likely N-dealkylation sites (tertiary alicyclic amines) is 1. The van der Waals surface area contributed by atoms with E-state index in [1.54, 1.807) is 0 Å². The number of nitrogens with one attached hydrogen (secondary N) is 1. The third-order valence-corrected chi connectivity index (χ3v) is 3.49. The minimum Gasteiger partial charge on any atom is -0.478 e. The zero-order valence-electron chi connectivity index (χ0n) is 12.0. The number of nitrogens with zero attached hydrogens (tertiary/aromatic N) is 1. The molecule has 0 atom stereocenters.